The maximum absolute atomic E-state index is 12.3. The van der Waals surface area contributed by atoms with E-state index in [0.717, 1.165) is 0 Å². The van der Waals surface area contributed by atoms with Crippen molar-refractivity contribution in [1.82, 2.24) is 9.55 Å². The summed E-state index contributed by atoms with van der Waals surface area (Å²) < 4.78 is 24.1. The van der Waals surface area contributed by atoms with E-state index in [0.29, 0.717) is 6.42 Å². The molecule has 2 saturated heterocycles. The molecule has 3 rings (SSSR count). The Bertz CT molecular complexity index is 865. The molecule has 0 spiro atoms. The Labute approximate surface area is 160 Å². The van der Waals surface area contributed by atoms with Gasteiger partial charge in [0.15, 0.2) is 12.0 Å². The highest BCUT2D eigenvalue weighted by molar-refractivity contribution is 5.69. The minimum atomic E-state index is -1.71. The molecule has 1 aromatic rings. The number of fused-ring (bicyclic) bond motifs is 1. The SMILES string of the molecule is CCCC(=O)OC[C@@]1(N=[N+]=[N-])O[C@@H](n2ccc(N)nc2=O)[C@@H]2OC(C)(C)O[C@@H]21. The highest BCUT2D eigenvalue weighted by atomic mass is 16.8. The van der Waals surface area contributed by atoms with Crippen LogP contribution in [0.2, 0.25) is 0 Å². The van der Waals surface area contributed by atoms with Crippen LogP contribution in [0.4, 0.5) is 5.82 Å². The number of hydrogen-bond acceptors (Lipinski definition) is 9. The lowest BCUT2D eigenvalue weighted by Gasteiger charge is -2.30. The summed E-state index contributed by atoms with van der Waals surface area (Å²) in [5, 5.41) is 3.73. The molecule has 0 amide bonds. The van der Waals surface area contributed by atoms with Crippen LogP contribution >= 0.6 is 0 Å². The third kappa shape index (κ3) is 3.67. The second-order valence-corrected chi connectivity index (χ2v) is 7.02. The number of nitrogen functional groups attached to an aromatic ring is 1. The smallest absolute Gasteiger partial charge is 0.351 e. The van der Waals surface area contributed by atoms with Crippen molar-refractivity contribution in [2.45, 2.75) is 63.6 Å². The molecule has 0 aromatic carbocycles. The first-order valence-corrected chi connectivity index (χ1v) is 8.81. The van der Waals surface area contributed by atoms with Crippen LogP contribution in [0.15, 0.2) is 22.2 Å². The number of aromatic nitrogens is 2. The molecule has 2 aliphatic heterocycles. The van der Waals surface area contributed by atoms with Gasteiger partial charge in [0, 0.05) is 17.5 Å². The van der Waals surface area contributed by atoms with Gasteiger partial charge < -0.3 is 24.7 Å². The van der Waals surface area contributed by atoms with Crippen LogP contribution in [-0.2, 0) is 23.7 Å². The van der Waals surface area contributed by atoms with Gasteiger partial charge in [-0.3, -0.25) is 9.36 Å². The predicted octanol–water partition coefficient (Wildman–Crippen LogP) is 1.22. The molecule has 0 radical (unpaired) electrons. The van der Waals surface area contributed by atoms with Crippen LogP contribution in [0, 0.1) is 0 Å². The van der Waals surface area contributed by atoms with Crippen LogP contribution < -0.4 is 11.4 Å². The number of carbonyl (C=O) groups is 1. The lowest BCUT2D eigenvalue weighted by molar-refractivity contribution is -0.228. The molecule has 2 N–H and O–H groups in total. The molecule has 0 bridgehead atoms. The van der Waals surface area contributed by atoms with Crippen LogP contribution in [0.1, 0.15) is 39.8 Å². The standard InChI is InChI=1S/C16H22N6O6/c1-4-5-10(23)25-8-16(20-21-18)12-11(26-15(2,3)27-12)13(28-16)22-7-6-9(17)19-14(22)24/h6-7,11-13H,4-5,8H2,1-3H3,(H2,17,19,24)/t11-,12+,13-,16-/m1/s1. The summed E-state index contributed by atoms with van der Waals surface area (Å²) in [6.07, 6.45) is -0.551. The largest absolute Gasteiger partial charge is 0.462 e. The van der Waals surface area contributed by atoms with Gasteiger partial charge in [0.05, 0.1) is 0 Å². The maximum atomic E-state index is 12.3. The van der Waals surface area contributed by atoms with E-state index < -0.39 is 41.6 Å². The number of esters is 1. The summed E-state index contributed by atoms with van der Waals surface area (Å²) in [7, 11) is 0. The molecule has 0 unspecified atom stereocenters. The first-order valence-electron chi connectivity index (χ1n) is 8.81. The normalized spacial score (nSPS) is 30.5. The van der Waals surface area contributed by atoms with Crippen LogP contribution in [-0.4, -0.2) is 45.8 Å². The molecule has 12 nitrogen and oxygen atoms in total. The second kappa shape index (κ2) is 7.40. The maximum Gasteiger partial charge on any atom is 0.351 e. The van der Waals surface area contributed by atoms with E-state index in [2.05, 4.69) is 15.0 Å². The molecular formula is C16H22N6O6. The van der Waals surface area contributed by atoms with Crippen LogP contribution in [0.3, 0.4) is 0 Å². The van der Waals surface area contributed by atoms with Gasteiger partial charge in [0.25, 0.3) is 0 Å². The minimum absolute atomic E-state index is 0.0505. The van der Waals surface area contributed by atoms with E-state index in [1.165, 1.54) is 16.8 Å². The monoisotopic (exact) mass is 394 g/mol. The van der Waals surface area contributed by atoms with Gasteiger partial charge in [0.1, 0.15) is 24.6 Å². The van der Waals surface area contributed by atoms with Gasteiger partial charge in [-0.2, -0.15) is 4.98 Å². The third-order valence-corrected chi connectivity index (χ3v) is 4.41. The first-order chi connectivity index (χ1) is 13.2. The molecule has 12 heteroatoms. The van der Waals surface area contributed by atoms with Crippen molar-refractivity contribution >= 4 is 11.8 Å². The molecule has 28 heavy (non-hydrogen) atoms. The van der Waals surface area contributed by atoms with E-state index >= 15 is 0 Å². The van der Waals surface area contributed by atoms with Gasteiger partial charge >= 0.3 is 11.7 Å². The van der Waals surface area contributed by atoms with Gasteiger partial charge in [-0.25, -0.2) is 4.79 Å². The quantitative estimate of drug-likeness (QED) is 0.326. The Hall–Kier alpha value is -2.66. The van der Waals surface area contributed by atoms with E-state index in [4.69, 9.17) is 30.2 Å². The number of nitrogens with zero attached hydrogens (tertiary/aromatic N) is 5. The number of azide groups is 1. The number of rotatable bonds is 6. The predicted molar refractivity (Wildman–Crippen MR) is 94.6 cm³/mol. The van der Waals surface area contributed by atoms with Crippen molar-refractivity contribution in [1.29, 1.82) is 0 Å². The summed E-state index contributed by atoms with van der Waals surface area (Å²) in [6, 6.07) is 1.43. The fourth-order valence-corrected chi connectivity index (χ4v) is 3.29. The van der Waals surface area contributed by atoms with Crippen molar-refractivity contribution in [3.05, 3.63) is 33.2 Å². The van der Waals surface area contributed by atoms with Crippen molar-refractivity contribution in [3.8, 4) is 0 Å². The molecule has 3 heterocycles. The molecule has 0 saturated carbocycles. The summed E-state index contributed by atoms with van der Waals surface area (Å²) in [5.74, 6) is -1.45. The Morgan fingerprint density at radius 2 is 2.21 bits per heavy atom. The number of carbonyl (C=O) groups excluding carboxylic acids is 1. The molecule has 2 aliphatic rings. The zero-order valence-corrected chi connectivity index (χ0v) is 15.8. The molecule has 152 valence electrons. The van der Waals surface area contributed by atoms with E-state index in [9.17, 15) is 9.59 Å². The van der Waals surface area contributed by atoms with Gasteiger partial charge in [0.2, 0.25) is 5.72 Å². The molecule has 4 atom stereocenters. The average Bonchev–Trinajstić information content (AvgIpc) is 3.07. The third-order valence-electron chi connectivity index (χ3n) is 4.41. The highest BCUT2D eigenvalue weighted by Gasteiger charge is 2.64. The highest BCUT2D eigenvalue weighted by Crippen LogP contribution is 2.48. The lowest BCUT2D eigenvalue weighted by Crippen LogP contribution is -2.45. The Kier molecular flexibility index (Phi) is 5.31. The van der Waals surface area contributed by atoms with Crippen LogP contribution in [0.25, 0.3) is 10.4 Å². The van der Waals surface area contributed by atoms with E-state index in [-0.39, 0.29) is 18.8 Å². The number of hydrogen-bond donors (Lipinski definition) is 1. The number of ether oxygens (including phenoxy) is 4. The zero-order chi connectivity index (χ0) is 20.5. The van der Waals surface area contributed by atoms with E-state index in [1.807, 2.05) is 6.92 Å². The van der Waals surface area contributed by atoms with Crippen molar-refractivity contribution in [2.75, 3.05) is 12.3 Å². The topological polar surface area (TPSA) is 164 Å². The molecule has 0 aliphatic carbocycles. The van der Waals surface area contributed by atoms with Crippen molar-refractivity contribution in [2.24, 2.45) is 5.11 Å². The second-order valence-electron chi connectivity index (χ2n) is 7.02. The summed E-state index contributed by atoms with van der Waals surface area (Å²) in [5.41, 5.74) is 12.3. The summed E-state index contributed by atoms with van der Waals surface area (Å²) >= 11 is 0. The van der Waals surface area contributed by atoms with E-state index in [1.54, 1.807) is 13.8 Å². The van der Waals surface area contributed by atoms with Crippen LogP contribution in [0.5, 0.6) is 0 Å². The lowest BCUT2D eigenvalue weighted by atomic mass is 10.1. The summed E-state index contributed by atoms with van der Waals surface area (Å²) in [4.78, 5) is 30.7. The Morgan fingerprint density at radius 1 is 1.46 bits per heavy atom. The summed E-state index contributed by atoms with van der Waals surface area (Å²) in [6.45, 7) is 4.80. The first kappa shape index (κ1) is 20.1. The van der Waals surface area contributed by atoms with Gasteiger partial charge in [-0.05, 0) is 31.9 Å². The average molecular weight is 394 g/mol. The van der Waals surface area contributed by atoms with Gasteiger partial charge in [-0.15, -0.1) is 0 Å². The Morgan fingerprint density at radius 3 is 2.86 bits per heavy atom. The molecular weight excluding hydrogens is 372 g/mol. The zero-order valence-electron chi connectivity index (χ0n) is 15.8. The van der Waals surface area contributed by atoms with Crippen molar-refractivity contribution < 1.29 is 23.7 Å². The number of anilines is 1. The fraction of sp³-hybridized carbons (Fsp3) is 0.688. The van der Waals surface area contributed by atoms with Crippen molar-refractivity contribution in [3.63, 3.8) is 0 Å². The number of nitrogens with two attached hydrogens (primary N) is 1. The fourth-order valence-electron chi connectivity index (χ4n) is 3.29. The Balaban J connectivity index is 1.99. The minimum Gasteiger partial charge on any atom is -0.462 e. The molecule has 1 aromatic heterocycles. The molecule has 2 fully saturated rings. The van der Waals surface area contributed by atoms with Gasteiger partial charge in [-0.1, -0.05) is 12.0 Å².